The largest absolute Gasteiger partial charge is 0.490 e. The number of carbonyl (C=O) groups excluding carboxylic acids is 1. The van der Waals surface area contributed by atoms with Crippen LogP contribution in [-0.2, 0) is 0 Å². The Morgan fingerprint density at radius 3 is 2.61 bits per heavy atom. The van der Waals surface area contributed by atoms with Gasteiger partial charge in [-0.3, -0.25) is 4.79 Å². The van der Waals surface area contributed by atoms with E-state index in [1.807, 2.05) is 0 Å². The number of hydrogen-bond acceptors (Lipinski definition) is 2. The van der Waals surface area contributed by atoms with Crippen LogP contribution >= 0.6 is 0 Å². The molecule has 0 fully saturated rings. The van der Waals surface area contributed by atoms with Gasteiger partial charge in [0, 0.05) is 0 Å². The number of benzene rings is 1. The molecule has 0 aliphatic rings. The number of halogens is 1. The number of ketones is 1. The Labute approximate surface area is 108 Å². The molecule has 0 bridgehead atoms. The van der Waals surface area contributed by atoms with E-state index in [0.29, 0.717) is 12.2 Å². The lowest BCUT2D eigenvalue weighted by Crippen LogP contribution is -2.05. The van der Waals surface area contributed by atoms with Crippen molar-refractivity contribution in [1.29, 1.82) is 0 Å². The van der Waals surface area contributed by atoms with E-state index in [0.717, 1.165) is 12.8 Å². The van der Waals surface area contributed by atoms with E-state index in [-0.39, 0.29) is 11.5 Å². The molecule has 1 rings (SSSR count). The van der Waals surface area contributed by atoms with Crippen LogP contribution in [0.3, 0.4) is 0 Å². The fraction of sp³-hybridized carbons (Fsp3) is 0.533. The summed E-state index contributed by atoms with van der Waals surface area (Å²) in [5.74, 6) is -0.535. The molecule has 0 atom stereocenters. The second kappa shape index (κ2) is 7.85. The first kappa shape index (κ1) is 14.7. The van der Waals surface area contributed by atoms with Crippen LogP contribution in [0.2, 0.25) is 0 Å². The van der Waals surface area contributed by atoms with E-state index in [2.05, 4.69) is 6.92 Å². The number of para-hydroxylation sites is 1. The lowest BCUT2D eigenvalue weighted by atomic mass is 10.1. The summed E-state index contributed by atoms with van der Waals surface area (Å²) < 4.78 is 19.0. The summed E-state index contributed by atoms with van der Waals surface area (Å²) in [6.45, 7) is 4.04. The minimum atomic E-state index is -0.462. The van der Waals surface area contributed by atoms with Crippen LogP contribution in [0.4, 0.5) is 4.39 Å². The summed E-state index contributed by atoms with van der Waals surface area (Å²) in [6, 6.07) is 4.44. The van der Waals surface area contributed by atoms with Gasteiger partial charge < -0.3 is 4.74 Å². The second-order valence-corrected chi connectivity index (χ2v) is 4.44. The predicted octanol–water partition coefficient (Wildman–Crippen LogP) is 4.38. The maximum absolute atomic E-state index is 13.6. The maximum Gasteiger partial charge on any atom is 0.165 e. The second-order valence-electron chi connectivity index (χ2n) is 4.44. The molecular weight excluding hydrogens is 231 g/mol. The van der Waals surface area contributed by atoms with Crippen LogP contribution < -0.4 is 4.74 Å². The summed E-state index contributed by atoms with van der Waals surface area (Å²) in [5, 5.41) is 0. The number of ether oxygens (including phenoxy) is 1. The molecule has 0 saturated heterocycles. The topological polar surface area (TPSA) is 26.3 Å². The molecule has 0 N–H and O–H groups in total. The molecule has 2 nitrogen and oxygen atoms in total. The number of hydrogen-bond donors (Lipinski definition) is 0. The van der Waals surface area contributed by atoms with Crippen LogP contribution in [0.15, 0.2) is 18.2 Å². The normalized spacial score (nSPS) is 10.4. The van der Waals surface area contributed by atoms with Gasteiger partial charge in [-0.25, -0.2) is 4.39 Å². The van der Waals surface area contributed by atoms with Gasteiger partial charge in [0.15, 0.2) is 17.3 Å². The van der Waals surface area contributed by atoms with E-state index >= 15 is 0 Å². The molecule has 0 aliphatic carbocycles. The molecule has 100 valence electrons. The fourth-order valence-corrected chi connectivity index (χ4v) is 1.81. The molecule has 0 heterocycles. The molecule has 0 spiro atoms. The number of unbranched alkanes of at least 4 members (excludes halogenated alkanes) is 4. The minimum Gasteiger partial charge on any atom is -0.490 e. The molecule has 1 aromatic carbocycles. The summed E-state index contributed by atoms with van der Waals surface area (Å²) in [7, 11) is 0. The number of rotatable bonds is 8. The molecule has 18 heavy (non-hydrogen) atoms. The van der Waals surface area contributed by atoms with Crippen molar-refractivity contribution in [2.45, 2.75) is 46.0 Å². The van der Waals surface area contributed by atoms with Crippen molar-refractivity contribution in [3.8, 4) is 5.75 Å². The van der Waals surface area contributed by atoms with Crippen molar-refractivity contribution in [2.75, 3.05) is 6.61 Å². The zero-order chi connectivity index (χ0) is 13.4. The monoisotopic (exact) mass is 252 g/mol. The van der Waals surface area contributed by atoms with Gasteiger partial charge in [0.05, 0.1) is 12.2 Å². The van der Waals surface area contributed by atoms with Gasteiger partial charge in [-0.1, -0.05) is 38.7 Å². The lowest BCUT2D eigenvalue weighted by Gasteiger charge is -2.10. The Morgan fingerprint density at radius 1 is 1.22 bits per heavy atom. The van der Waals surface area contributed by atoms with Crippen molar-refractivity contribution in [3.63, 3.8) is 0 Å². The smallest absolute Gasteiger partial charge is 0.165 e. The lowest BCUT2D eigenvalue weighted by molar-refractivity contribution is 0.101. The predicted molar refractivity (Wildman–Crippen MR) is 70.7 cm³/mol. The molecule has 0 amide bonds. The Hall–Kier alpha value is -1.38. The summed E-state index contributed by atoms with van der Waals surface area (Å²) in [5.41, 5.74) is 0.323. The van der Waals surface area contributed by atoms with E-state index in [9.17, 15) is 9.18 Å². The van der Waals surface area contributed by atoms with Crippen molar-refractivity contribution in [2.24, 2.45) is 0 Å². The number of carbonyl (C=O) groups is 1. The third-order valence-electron chi connectivity index (χ3n) is 2.84. The van der Waals surface area contributed by atoms with Crippen molar-refractivity contribution < 1.29 is 13.9 Å². The van der Waals surface area contributed by atoms with Crippen LogP contribution in [0.5, 0.6) is 5.75 Å². The number of Topliss-reactive ketones (excluding diaryl/α,β-unsaturated/α-hetero) is 1. The summed E-state index contributed by atoms with van der Waals surface area (Å²) >= 11 is 0. The first-order valence-corrected chi connectivity index (χ1v) is 6.59. The summed E-state index contributed by atoms with van der Waals surface area (Å²) in [4.78, 5) is 11.3. The third-order valence-corrected chi connectivity index (χ3v) is 2.84. The van der Waals surface area contributed by atoms with Crippen LogP contribution in [0, 0.1) is 5.82 Å². The van der Waals surface area contributed by atoms with E-state index in [1.54, 1.807) is 6.07 Å². The molecular formula is C15H21FO2. The first-order valence-electron chi connectivity index (χ1n) is 6.59. The van der Waals surface area contributed by atoms with Crippen LogP contribution in [-0.4, -0.2) is 12.4 Å². The minimum absolute atomic E-state index is 0.0977. The van der Waals surface area contributed by atoms with E-state index in [4.69, 9.17) is 4.74 Å². The highest BCUT2D eigenvalue weighted by molar-refractivity contribution is 5.96. The van der Waals surface area contributed by atoms with Gasteiger partial charge in [0.2, 0.25) is 0 Å². The zero-order valence-electron chi connectivity index (χ0n) is 11.2. The average molecular weight is 252 g/mol. The molecule has 1 aromatic rings. The first-order chi connectivity index (χ1) is 8.66. The molecule has 3 heteroatoms. The van der Waals surface area contributed by atoms with Crippen LogP contribution in [0.1, 0.15) is 56.3 Å². The van der Waals surface area contributed by atoms with Gasteiger partial charge in [-0.05, 0) is 25.5 Å². The van der Waals surface area contributed by atoms with Crippen molar-refractivity contribution in [3.05, 3.63) is 29.6 Å². The Bertz CT molecular complexity index is 388. The average Bonchev–Trinajstić information content (AvgIpc) is 2.34. The zero-order valence-corrected chi connectivity index (χ0v) is 11.2. The van der Waals surface area contributed by atoms with E-state index < -0.39 is 5.82 Å². The molecule has 0 saturated carbocycles. The Morgan fingerprint density at radius 2 is 1.94 bits per heavy atom. The summed E-state index contributed by atoms with van der Waals surface area (Å²) in [6.07, 6.45) is 5.57. The van der Waals surface area contributed by atoms with Crippen molar-refractivity contribution in [1.82, 2.24) is 0 Å². The van der Waals surface area contributed by atoms with Crippen molar-refractivity contribution >= 4 is 5.78 Å². The van der Waals surface area contributed by atoms with Gasteiger partial charge in [0.1, 0.15) is 0 Å². The van der Waals surface area contributed by atoms with Gasteiger partial charge in [-0.2, -0.15) is 0 Å². The van der Waals surface area contributed by atoms with Crippen LogP contribution in [0.25, 0.3) is 0 Å². The third kappa shape index (κ3) is 4.47. The highest BCUT2D eigenvalue weighted by atomic mass is 19.1. The highest BCUT2D eigenvalue weighted by Crippen LogP contribution is 2.23. The van der Waals surface area contributed by atoms with Gasteiger partial charge in [0.25, 0.3) is 0 Å². The Kier molecular flexibility index (Phi) is 6.40. The highest BCUT2D eigenvalue weighted by Gasteiger charge is 2.12. The van der Waals surface area contributed by atoms with Gasteiger partial charge in [-0.15, -0.1) is 0 Å². The Balaban J connectivity index is 2.48. The SMILES string of the molecule is CCCCCCCOc1c(F)cccc1C(C)=O. The molecule has 0 radical (unpaired) electrons. The van der Waals surface area contributed by atoms with Gasteiger partial charge >= 0.3 is 0 Å². The standard InChI is InChI=1S/C15H21FO2/c1-3-4-5-6-7-11-18-15-13(12(2)17)9-8-10-14(15)16/h8-10H,3-7,11H2,1-2H3. The fourth-order valence-electron chi connectivity index (χ4n) is 1.81. The quantitative estimate of drug-likeness (QED) is 0.507. The van der Waals surface area contributed by atoms with E-state index in [1.165, 1.54) is 38.3 Å². The molecule has 0 unspecified atom stereocenters. The molecule has 0 aliphatic heterocycles. The molecule has 0 aromatic heterocycles. The maximum atomic E-state index is 13.6.